The van der Waals surface area contributed by atoms with Gasteiger partial charge in [-0.1, -0.05) is 6.92 Å². The second kappa shape index (κ2) is 6.88. The lowest BCUT2D eigenvalue weighted by molar-refractivity contribution is -0.297. The largest absolute Gasteiger partial charge is 0.392 e. The first-order valence-corrected chi connectivity index (χ1v) is 12.3. The summed E-state index contributed by atoms with van der Waals surface area (Å²) < 4.78 is 17.7. The highest BCUT2D eigenvalue weighted by Crippen LogP contribution is 2.79. The fraction of sp³-hybridized carbons (Fsp3) is 1.00. The van der Waals surface area contributed by atoms with E-state index >= 15 is 0 Å². The molecule has 1 aliphatic heterocycles. The molecule has 0 radical (unpaired) electrons. The lowest BCUT2D eigenvalue weighted by atomic mass is 9.43. The van der Waals surface area contributed by atoms with Crippen molar-refractivity contribution in [2.45, 2.75) is 68.3 Å². The van der Waals surface area contributed by atoms with Crippen LogP contribution in [0.3, 0.4) is 0 Å². The predicted octanol–water partition coefficient (Wildman–Crippen LogP) is -0.527. The highest BCUT2D eigenvalue weighted by molar-refractivity contribution is 5.36. The lowest BCUT2D eigenvalue weighted by Crippen LogP contribution is -2.78. The lowest BCUT2D eigenvalue weighted by Gasteiger charge is -2.69. The summed E-state index contributed by atoms with van der Waals surface area (Å²) in [6.45, 7) is 4.33. The van der Waals surface area contributed by atoms with Gasteiger partial charge in [-0.25, -0.2) is 0 Å². The SMILES string of the molecule is CCN1C[C@]2(COC)CC[C@H](O)[C@@]34[C@@H]5C[C@H]6[C@H](O)[C@@H]5[C@@](O)(C(C(OC)[C@H]23)[C@@H]14)[C@@H](O)[C@@H]6OC. The summed E-state index contributed by atoms with van der Waals surface area (Å²) in [5, 5.41) is 47.3. The molecule has 14 atom stereocenters. The highest BCUT2D eigenvalue weighted by atomic mass is 16.5. The third-order valence-corrected chi connectivity index (χ3v) is 11.2. The Bertz CT molecular complexity index is 783. The monoisotopic (exact) mass is 453 g/mol. The van der Waals surface area contributed by atoms with Crippen LogP contribution in [0.1, 0.15) is 26.2 Å². The number of piperidine rings is 1. The number of likely N-dealkylation sites (tertiary alicyclic amines) is 1. The zero-order valence-corrected chi connectivity index (χ0v) is 19.6. The summed E-state index contributed by atoms with van der Waals surface area (Å²) in [7, 11) is 4.98. The molecule has 5 saturated carbocycles. The van der Waals surface area contributed by atoms with Crippen molar-refractivity contribution in [3.8, 4) is 0 Å². The number of ether oxygens (including phenoxy) is 3. The van der Waals surface area contributed by atoms with Gasteiger partial charge in [0.2, 0.25) is 0 Å². The number of hydrogen-bond acceptors (Lipinski definition) is 8. The van der Waals surface area contributed by atoms with Crippen LogP contribution in [0.15, 0.2) is 0 Å². The fourth-order valence-electron chi connectivity index (χ4n) is 10.7. The maximum Gasteiger partial charge on any atom is 0.110 e. The maximum atomic E-state index is 12.5. The fourth-order valence-corrected chi connectivity index (χ4v) is 10.7. The van der Waals surface area contributed by atoms with Crippen molar-refractivity contribution in [3.63, 3.8) is 0 Å². The Morgan fingerprint density at radius 1 is 1.03 bits per heavy atom. The molecule has 7 bridgehead atoms. The zero-order valence-electron chi connectivity index (χ0n) is 19.6. The molecule has 8 nitrogen and oxygen atoms in total. The van der Waals surface area contributed by atoms with Crippen molar-refractivity contribution >= 4 is 0 Å². The minimum absolute atomic E-state index is 0.000250. The molecule has 4 N–H and O–H groups in total. The number of rotatable bonds is 5. The van der Waals surface area contributed by atoms with Gasteiger partial charge in [-0.2, -0.15) is 0 Å². The Morgan fingerprint density at radius 2 is 1.75 bits per heavy atom. The first kappa shape index (κ1) is 22.2. The minimum Gasteiger partial charge on any atom is -0.392 e. The van der Waals surface area contributed by atoms with Crippen molar-refractivity contribution in [3.05, 3.63) is 0 Å². The molecule has 1 heterocycles. The van der Waals surface area contributed by atoms with Gasteiger partial charge in [-0.05, 0) is 31.7 Å². The second-order valence-corrected chi connectivity index (χ2v) is 11.6. The van der Waals surface area contributed by atoms with Gasteiger partial charge < -0.3 is 34.6 Å². The molecule has 6 fully saturated rings. The number of aliphatic hydroxyl groups excluding tert-OH is 3. The third-order valence-electron chi connectivity index (χ3n) is 11.2. The van der Waals surface area contributed by atoms with Gasteiger partial charge in [0, 0.05) is 68.4 Å². The summed E-state index contributed by atoms with van der Waals surface area (Å²) in [5.41, 5.74) is -2.24. The first-order valence-electron chi connectivity index (χ1n) is 12.3. The van der Waals surface area contributed by atoms with E-state index in [1.54, 1.807) is 21.3 Å². The van der Waals surface area contributed by atoms with E-state index in [-0.39, 0.29) is 35.3 Å². The molecule has 32 heavy (non-hydrogen) atoms. The van der Waals surface area contributed by atoms with Gasteiger partial charge >= 0.3 is 0 Å². The van der Waals surface area contributed by atoms with Gasteiger partial charge in [0.25, 0.3) is 0 Å². The van der Waals surface area contributed by atoms with E-state index in [1.807, 2.05) is 0 Å². The first-order chi connectivity index (χ1) is 15.3. The van der Waals surface area contributed by atoms with Gasteiger partial charge in [0.1, 0.15) is 11.7 Å². The predicted molar refractivity (Wildman–Crippen MR) is 114 cm³/mol. The number of methoxy groups -OCH3 is 3. The molecule has 1 spiro atoms. The molecule has 6 aliphatic rings. The number of aliphatic hydroxyl groups is 4. The quantitative estimate of drug-likeness (QED) is 0.440. The average molecular weight is 454 g/mol. The highest BCUT2D eigenvalue weighted by Gasteiger charge is 2.87. The minimum atomic E-state index is -1.54. The van der Waals surface area contributed by atoms with E-state index in [0.717, 1.165) is 19.5 Å². The topological polar surface area (TPSA) is 112 Å². The summed E-state index contributed by atoms with van der Waals surface area (Å²) in [5.74, 6) is -1.29. The van der Waals surface area contributed by atoms with E-state index in [0.29, 0.717) is 19.4 Å². The van der Waals surface area contributed by atoms with Crippen LogP contribution in [0.2, 0.25) is 0 Å². The molecule has 6 rings (SSSR count). The molecule has 1 saturated heterocycles. The molecular weight excluding hydrogens is 414 g/mol. The van der Waals surface area contributed by atoms with Crippen molar-refractivity contribution in [2.24, 2.45) is 40.4 Å². The molecule has 182 valence electrons. The van der Waals surface area contributed by atoms with Crippen LogP contribution >= 0.6 is 0 Å². The van der Waals surface area contributed by atoms with Crippen molar-refractivity contribution in [1.82, 2.24) is 4.90 Å². The van der Waals surface area contributed by atoms with Crippen LogP contribution in [0.5, 0.6) is 0 Å². The van der Waals surface area contributed by atoms with Gasteiger partial charge in [-0.15, -0.1) is 0 Å². The zero-order chi connectivity index (χ0) is 22.8. The third kappa shape index (κ3) is 2.07. The van der Waals surface area contributed by atoms with Crippen LogP contribution in [-0.4, -0.2) is 109 Å². The standard InChI is InChI=1S/C24H39NO7/c1-5-25-9-22(10-30-2)7-6-13(26)23-12-8-11-16(27)14(12)24(29,21(28)17(11)31-3)15(20(23)25)18(32-4)19(22)23/h11-21,26-29H,5-10H2,1-4H3/t11-,12+,13-,14+,15?,16-,17+,18?,19+,20+,21-,22-,23-,24+/m0/s1. The number of hydrogen-bond donors (Lipinski definition) is 4. The van der Waals surface area contributed by atoms with E-state index in [4.69, 9.17) is 14.2 Å². The van der Waals surface area contributed by atoms with Crippen LogP contribution in [0.25, 0.3) is 0 Å². The van der Waals surface area contributed by atoms with Gasteiger partial charge in [0.05, 0.1) is 31.0 Å². The van der Waals surface area contributed by atoms with Crippen molar-refractivity contribution in [2.75, 3.05) is 41.0 Å². The van der Waals surface area contributed by atoms with Crippen molar-refractivity contribution in [1.29, 1.82) is 0 Å². The smallest absolute Gasteiger partial charge is 0.110 e. The Labute approximate surface area is 189 Å². The van der Waals surface area contributed by atoms with Crippen LogP contribution in [-0.2, 0) is 14.2 Å². The molecule has 2 unspecified atom stereocenters. The molecule has 8 heteroatoms. The van der Waals surface area contributed by atoms with Gasteiger partial charge in [0.15, 0.2) is 0 Å². The molecule has 0 aromatic heterocycles. The van der Waals surface area contributed by atoms with E-state index in [2.05, 4.69) is 11.8 Å². The summed E-state index contributed by atoms with van der Waals surface area (Å²) in [4.78, 5) is 2.42. The Balaban J connectivity index is 1.64. The van der Waals surface area contributed by atoms with Crippen LogP contribution in [0, 0.1) is 40.4 Å². The summed E-state index contributed by atoms with van der Waals surface area (Å²) in [6, 6.07) is -0.120. The van der Waals surface area contributed by atoms with E-state index in [1.165, 1.54) is 0 Å². The molecular formula is C24H39NO7. The van der Waals surface area contributed by atoms with Crippen molar-refractivity contribution < 1.29 is 34.6 Å². The molecule has 0 aromatic carbocycles. The molecule has 0 aromatic rings. The average Bonchev–Trinajstić information content (AvgIpc) is 3.19. The molecule has 5 aliphatic carbocycles. The number of nitrogens with zero attached hydrogens (tertiary/aromatic N) is 1. The maximum absolute atomic E-state index is 12.5. The van der Waals surface area contributed by atoms with Gasteiger partial charge in [-0.3, -0.25) is 4.90 Å². The number of fused-ring (bicyclic) bond motifs is 2. The second-order valence-electron chi connectivity index (χ2n) is 11.6. The Hall–Kier alpha value is -0.320. The van der Waals surface area contributed by atoms with Crippen LogP contribution in [0.4, 0.5) is 0 Å². The molecule has 0 amide bonds. The van der Waals surface area contributed by atoms with E-state index in [9.17, 15) is 20.4 Å². The van der Waals surface area contributed by atoms with Crippen LogP contribution < -0.4 is 0 Å². The Morgan fingerprint density at radius 3 is 2.38 bits per heavy atom. The summed E-state index contributed by atoms with van der Waals surface area (Å²) >= 11 is 0. The van der Waals surface area contributed by atoms with E-state index < -0.39 is 47.3 Å². The Kier molecular flexibility index (Phi) is 4.76. The summed E-state index contributed by atoms with van der Waals surface area (Å²) in [6.07, 6.45) is -1.22. The normalized spacial score (nSPS) is 62.4.